The van der Waals surface area contributed by atoms with E-state index in [9.17, 15) is 4.39 Å². The fraction of sp³-hybridized carbons (Fsp3) is 1.00. The number of hydrogen-bond donors (Lipinski definition) is 3. The van der Waals surface area contributed by atoms with Crippen LogP contribution in [0.2, 0.25) is 0 Å². The minimum atomic E-state index is -2.53. The quantitative estimate of drug-likeness (QED) is 0.384. The van der Waals surface area contributed by atoms with Crippen molar-refractivity contribution >= 4 is 0 Å². The predicted octanol–water partition coefficient (Wildman–Crippen LogP) is -1.37. The maximum atomic E-state index is 11.1. The molecule has 0 amide bonds. The van der Waals surface area contributed by atoms with Crippen molar-refractivity contribution in [1.29, 1.82) is 0 Å². The molecule has 4 heteroatoms. The normalized spacial score (nSPS) is 12.0. The highest BCUT2D eigenvalue weighted by atomic mass is 19.1. The molecular weight excluding hydrogens is 103 g/mol. The highest BCUT2D eigenvalue weighted by Crippen LogP contribution is 1.95. The lowest BCUT2D eigenvalue weighted by molar-refractivity contribution is -0.195. The van der Waals surface area contributed by atoms with Crippen LogP contribution in [0, 0.1) is 0 Å². The summed E-state index contributed by atoms with van der Waals surface area (Å²) in [5.41, 5.74) is 0. The standard InChI is InChI=1S/C3H7FO3/c4-1-3(6,7)2-5/h5-7H,1-2H2. The van der Waals surface area contributed by atoms with E-state index in [0.717, 1.165) is 0 Å². The van der Waals surface area contributed by atoms with Crippen LogP contribution in [0.1, 0.15) is 0 Å². The molecule has 0 radical (unpaired) electrons. The van der Waals surface area contributed by atoms with Gasteiger partial charge in [-0.3, -0.25) is 0 Å². The van der Waals surface area contributed by atoms with E-state index in [4.69, 9.17) is 15.3 Å². The van der Waals surface area contributed by atoms with Crippen molar-refractivity contribution in [3.05, 3.63) is 0 Å². The minimum Gasteiger partial charge on any atom is -0.391 e. The Balaban J connectivity index is 3.36. The van der Waals surface area contributed by atoms with Crippen LogP contribution in [-0.2, 0) is 0 Å². The topological polar surface area (TPSA) is 60.7 Å². The van der Waals surface area contributed by atoms with Gasteiger partial charge in [0.25, 0.3) is 0 Å². The Morgan fingerprint density at radius 1 is 1.43 bits per heavy atom. The molecule has 0 aromatic carbocycles. The van der Waals surface area contributed by atoms with Crippen LogP contribution >= 0.6 is 0 Å². The molecule has 0 rings (SSSR count). The summed E-state index contributed by atoms with van der Waals surface area (Å²) < 4.78 is 11.1. The molecule has 0 spiro atoms. The van der Waals surface area contributed by atoms with Crippen LogP contribution in [0.15, 0.2) is 0 Å². The Labute approximate surface area is 40.0 Å². The van der Waals surface area contributed by atoms with Crippen LogP contribution in [-0.4, -0.2) is 34.4 Å². The highest BCUT2D eigenvalue weighted by Gasteiger charge is 2.20. The van der Waals surface area contributed by atoms with Gasteiger partial charge in [0, 0.05) is 0 Å². The second kappa shape index (κ2) is 2.20. The highest BCUT2D eigenvalue weighted by molar-refractivity contribution is 4.57. The van der Waals surface area contributed by atoms with Crippen LogP contribution in [0.4, 0.5) is 4.39 Å². The molecule has 0 saturated carbocycles. The molecule has 44 valence electrons. The van der Waals surface area contributed by atoms with Crippen LogP contribution in [0.25, 0.3) is 0 Å². The molecule has 0 aliphatic heterocycles. The van der Waals surface area contributed by atoms with E-state index in [1.165, 1.54) is 0 Å². The Morgan fingerprint density at radius 2 is 1.86 bits per heavy atom. The smallest absolute Gasteiger partial charge is 0.215 e. The fourth-order valence-electron chi connectivity index (χ4n) is 0.0423. The molecule has 0 atom stereocenters. The second-order valence-electron chi connectivity index (χ2n) is 1.27. The number of hydrogen-bond acceptors (Lipinski definition) is 3. The van der Waals surface area contributed by atoms with Crippen molar-refractivity contribution in [2.75, 3.05) is 13.3 Å². The van der Waals surface area contributed by atoms with E-state index in [-0.39, 0.29) is 0 Å². The average Bonchev–Trinajstić information content (AvgIpc) is 1.68. The number of rotatable bonds is 2. The summed E-state index contributed by atoms with van der Waals surface area (Å²) in [5, 5.41) is 24.0. The summed E-state index contributed by atoms with van der Waals surface area (Å²) >= 11 is 0. The third-order valence-electron chi connectivity index (χ3n) is 0.467. The third-order valence-corrected chi connectivity index (χ3v) is 0.467. The van der Waals surface area contributed by atoms with Crippen LogP contribution < -0.4 is 0 Å². The van der Waals surface area contributed by atoms with E-state index in [0.29, 0.717) is 0 Å². The van der Waals surface area contributed by atoms with Crippen LogP contribution in [0.3, 0.4) is 0 Å². The zero-order valence-corrected chi connectivity index (χ0v) is 3.63. The zero-order chi connectivity index (χ0) is 5.91. The summed E-state index contributed by atoms with van der Waals surface area (Å²) in [7, 11) is 0. The molecule has 0 aliphatic carbocycles. The molecule has 3 nitrogen and oxygen atoms in total. The summed E-state index contributed by atoms with van der Waals surface area (Å²) in [6, 6.07) is 0. The van der Waals surface area contributed by atoms with Gasteiger partial charge in [-0.1, -0.05) is 0 Å². The summed E-state index contributed by atoms with van der Waals surface area (Å²) in [5.74, 6) is -2.53. The first kappa shape index (κ1) is 6.81. The van der Waals surface area contributed by atoms with Crippen molar-refractivity contribution in [1.82, 2.24) is 0 Å². The van der Waals surface area contributed by atoms with Gasteiger partial charge in [-0.2, -0.15) is 0 Å². The van der Waals surface area contributed by atoms with Gasteiger partial charge in [0.2, 0.25) is 5.79 Å². The van der Waals surface area contributed by atoms with Crippen LogP contribution in [0.5, 0.6) is 0 Å². The van der Waals surface area contributed by atoms with Crippen molar-refractivity contribution in [3.63, 3.8) is 0 Å². The number of aliphatic hydroxyl groups is 3. The number of alkyl halides is 1. The van der Waals surface area contributed by atoms with Crippen molar-refractivity contribution < 1.29 is 19.7 Å². The Hall–Kier alpha value is -0.190. The number of halogens is 1. The van der Waals surface area contributed by atoms with Gasteiger partial charge >= 0.3 is 0 Å². The molecule has 0 unspecified atom stereocenters. The molecule has 3 N–H and O–H groups in total. The first-order chi connectivity index (χ1) is 3.12. The maximum Gasteiger partial charge on any atom is 0.215 e. The number of aliphatic hydroxyl groups excluding tert-OH is 1. The SMILES string of the molecule is OCC(O)(O)CF. The Morgan fingerprint density at radius 3 is 1.86 bits per heavy atom. The van der Waals surface area contributed by atoms with Gasteiger partial charge < -0.3 is 15.3 Å². The minimum absolute atomic E-state index is 0.969. The molecular formula is C3H7FO3. The van der Waals surface area contributed by atoms with Gasteiger partial charge in [0.15, 0.2) is 0 Å². The molecule has 7 heavy (non-hydrogen) atoms. The van der Waals surface area contributed by atoms with Crippen molar-refractivity contribution in [2.24, 2.45) is 0 Å². The van der Waals surface area contributed by atoms with E-state index < -0.39 is 19.1 Å². The summed E-state index contributed by atoms with van der Waals surface area (Å²) in [4.78, 5) is 0. The van der Waals surface area contributed by atoms with Gasteiger partial charge in [-0.05, 0) is 0 Å². The van der Waals surface area contributed by atoms with E-state index in [1.807, 2.05) is 0 Å². The first-order valence-electron chi connectivity index (χ1n) is 1.74. The average molecular weight is 110 g/mol. The zero-order valence-electron chi connectivity index (χ0n) is 3.63. The monoisotopic (exact) mass is 110 g/mol. The van der Waals surface area contributed by atoms with Gasteiger partial charge in [0.05, 0.1) is 6.61 Å². The van der Waals surface area contributed by atoms with E-state index in [1.54, 1.807) is 0 Å². The summed E-state index contributed by atoms with van der Waals surface area (Å²) in [6.07, 6.45) is 0. The van der Waals surface area contributed by atoms with Gasteiger partial charge in [0.1, 0.15) is 6.67 Å². The lowest BCUT2D eigenvalue weighted by Crippen LogP contribution is -2.34. The largest absolute Gasteiger partial charge is 0.391 e. The lowest BCUT2D eigenvalue weighted by atomic mass is 10.3. The molecule has 0 aliphatic rings. The molecule has 0 saturated heterocycles. The Bertz CT molecular complexity index is 48.1. The third kappa shape index (κ3) is 2.50. The lowest BCUT2D eigenvalue weighted by Gasteiger charge is -2.11. The molecule has 0 aromatic rings. The first-order valence-corrected chi connectivity index (χ1v) is 1.74. The molecule has 0 bridgehead atoms. The molecule has 0 fully saturated rings. The van der Waals surface area contributed by atoms with E-state index in [2.05, 4.69) is 0 Å². The predicted molar refractivity (Wildman–Crippen MR) is 20.2 cm³/mol. The van der Waals surface area contributed by atoms with Gasteiger partial charge in [-0.15, -0.1) is 0 Å². The van der Waals surface area contributed by atoms with E-state index >= 15 is 0 Å². The molecule has 0 heterocycles. The van der Waals surface area contributed by atoms with Gasteiger partial charge in [-0.25, -0.2) is 4.39 Å². The summed E-state index contributed by atoms with van der Waals surface area (Å²) in [6.45, 7) is -2.31. The molecule has 0 aromatic heterocycles. The second-order valence-corrected chi connectivity index (χ2v) is 1.27. The Kier molecular flexibility index (Phi) is 2.14. The van der Waals surface area contributed by atoms with Crippen molar-refractivity contribution in [3.8, 4) is 0 Å². The fourth-order valence-corrected chi connectivity index (χ4v) is 0.0423. The maximum absolute atomic E-state index is 11.1. The van der Waals surface area contributed by atoms with Crippen molar-refractivity contribution in [2.45, 2.75) is 5.79 Å².